The molecule has 0 aromatic carbocycles. The maximum Gasteiger partial charge on any atom is 0.500 e. The SMILES string of the molecule is CCN(CCC[Si](OC)(OC)OC)C(=O)O. The summed E-state index contributed by atoms with van der Waals surface area (Å²) in [6.45, 7) is 2.76. The summed E-state index contributed by atoms with van der Waals surface area (Å²) in [6.07, 6.45) is -0.232. The number of carbonyl (C=O) groups is 1. The maximum atomic E-state index is 10.7. The van der Waals surface area contributed by atoms with Gasteiger partial charge < -0.3 is 23.3 Å². The summed E-state index contributed by atoms with van der Waals surface area (Å²) in [5.74, 6) is 0. The van der Waals surface area contributed by atoms with Crippen LogP contribution in [0.3, 0.4) is 0 Å². The second-order valence-electron chi connectivity index (χ2n) is 3.26. The van der Waals surface area contributed by atoms with E-state index in [-0.39, 0.29) is 0 Å². The quantitative estimate of drug-likeness (QED) is 0.658. The predicted molar refractivity (Wildman–Crippen MR) is 61.5 cm³/mol. The highest BCUT2D eigenvalue weighted by molar-refractivity contribution is 6.60. The van der Waals surface area contributed by atoms with E-state index in [2.05, 4.69) is 0 Å². The first-order chi connectivity index (χ1) is 7.55. The van der Waals surface area contributed by atoms with Crippen LogP contribution in [0.5, 0.6) is 0 Å². The van der Waals surface area contributed by atoms with Gasteiger partial charge in [-0.25, -0.2) is 4.79 Å². The average molecular weight is 251 g/mol. The second-order valence-corrected chi connectivity index (χ2v) is 6.35. The summed E-state index contributed by atoms with van der Waals surface area (Å²) in [5, 5.41) is 8.82. The van der Waals surface area contributed by atoms with Crippen molar-refractivity contribution in [3.8, 4) is 0 Å². The minimum absolute atomic E-state index is 0.469. The molecule has 1 amide bonds. The van der Waals surface area contributed by atoms with E-state index in [9.17, 15) is 4.79 Å². The van der Waals surface area contributed by atoms with Crippen LogP contribution in [0, 0.1) is 0 Å². The Labute approximate surface area is 97.5 Å². The topological polar surface area (TPSA) is 68.2 Å². The van der Waals surface area contributed by atoms with E-state index in [4.69, 9.17) is 18.4 Å². The lowest BCUT2D eigenvalue weighted by molar-refractivity contribution is 0.119. The van der Waals surface area contributed by atoms with Crippen LogP contribution in [0.15, 0.2) is 0 Å². The zero-order chi connectivity index (χ0) is 12.6. The van der Waals surface area contributed by atoms with Crippen LogP contribution in [0.1, 0.15) is 13.3 Å². The van der Waals surface area contributed by atoms with E-state index in [0.717, 1.165) is 0 Å². The molecule has 0 spiro atoms. The fraction of sp³-hybridized carbons (Fsp3) is 0.889. The van der Waals surface area contributed by atoms with Crippen molar-refractivity contribution >= 4 is 14.9 Å². The van der Waals surface area contributed by atoms with Crippen LogP contribution in [0.4, 0.5) is 4.79 Å². The van der Waals surface area contributed by atoms with Crippen molar-refractivity contribution in [2.45, 2.75) is 19.4 Å². The summed E-state index contributed by atoms with van der Waals surface area (Å²) < 4.78 is 15.7. The summed E-state index contributed by atoms with van der Waals surface area (Å²) in [5.41, 5.74) is 0. The van der Waals surface area contributed by atoms with E-state index in [1.54, 1.807) is 21.3 Å². The van der Waals surface area contributed by atoms with Crippen molar-refractivity contribution in [3.63, 3.8) is 0 Å². The maximum absolute atomic E-state index is 10.7. The lowest BCUT2D eigenvalue weighted by Gasteiger charge is -2.25. The molecule has 0 rings (SSSR count). The van der Waals surface area contributed by atoms with Crippen molar-refractivity contribution in [2.75, 3.05) is 34.4 Å². The number of hydrogen-bond acceptors (Lipinski definition) is 4. The van der Waals surface area contributed by atoms with Gasteiger partial charge in [-0.2, -0.15) is 0 Å². The van der Waals surface area contributed by atoms with Gasteiger partial charge in [0.05, 0.1) is 0 Å². The van der Waals surface area contributed by atoms with Crippen LogP contribution in [0.25, 0.3) is 0 Å². The molecule has 0 aliphatic carbocycles. The van der Waals surface area contributed by atoms with Gasteiger partial charge in [0.2, 0.25) is 0 Å². The van der Waals surface area contributed by atoms with Crippen molar-refractivity contribution in [1.29, 1.82) is 0 Å². The molecule has 0 unspecified atom stereocenters. The molecule has 96 valence electrons. The highest BCUT2D eigenvalue weighted by Gasteiger charge is 2.37. The van der Waals surface area contributed by atoms with Crippen LogP contribution in [-0.2, 0) is 13.3 Å². The van der Waals surface area contributed by atoms with Gasteiger partial charge >= 0.3 is 14.9 Å². The molecule has 0 aromatic rings. The summed E-state index contributed by atoms with van der Waals surface area (Å²) in [4.78, 5) is 12.1. The van der Waals surface area contributed by atoms with Gasteiger partial charge in [-0.1, -0.05) is 0 Å². The van der Waals surface area contributed by atoms with Crippen molar-refractivity contribution in [2.24, 2.45) is 0 Å². The van der Waals surface area contributed by atoms with Crippen LogP contribution >= 0.6 is 0 Å². The van der Waals surface area contributed by atoms with Gasteiger partial charge in [-0.3, -0.25) is 0 Å². The Balaban J connectivity index is 4.07. The third-order valence-corrected chi connectivity index (χ3v) is 5.33. The summed E-state index contributed by atoms with van der Waals surface area (Å²) >= 11 is 0. The minimum Gasteiger partial charge on any atom is -0.465 e. The summed E-state index contributed by atoms with van der Waals surface area (Å²) in [6, 6.07) is 0.611. The standard InChI is InChI=1S/C9H21NO5Si/c1-5-10(9(11)12)7-6-8-16(13-2,14-3)15-4/h5-8H2,1-4H3,(H,11,12). The molecular weight excluding hydrogens is 230 g/mol. The Morgan fingerprint density at radius 1 is 1.25 bits per heavy atom. The third-order valence-electron chi connectivity index (χ3n) is 2.50. The molecule has 0 aliphatic rings. The van der Waals surface area contributed by atoms with Gasteiger partial charge in [-0.05, 0) is 13.3 Å². The van der Waals surface area contributed by atoms with Crippen LogP contribution in [0.2, 0.25) is 6.04 Å². The van der Waals surface area contributed by atoms with E-state index < -0.39 is 14.9 Å². The number of hydrogen-bond donors (Lipinski definition) is 1. The van der Waals surface area contributed by atoms with Gasteiger partial charge in [-0.15, -0.1) is 0 Å². The predicted octanol–water partition coefficient (Wildman–Crippen LogP) is 1.25. The van der Waals surface area contributed by atoms with E-state index in [0.29, 0.717) is 25.6 Å². The molecule has 7 heteroatoms. The fourth-order valence-corrected chi connectivity index (χ4v) is 3.14. The summed E-state index contributed by atoms with van der Waals surface area (Å²) in [7, 11) is 2.10. The third kappa shape index (κ3) is 4.48. The largest absolute Gasteiger partial charge is 0.500 e. The molecule has 0 bridgehead atoms. The Bertz CT molecular complexity index is 202. The molecule has 0 atom stereocenters. The fourth-order valence-electron chi connectivity index (χ4n) is 1.43. The Morgan fingerprint density at radius 3 is 2.06 bits per heavy atom. The first-order valence-electron chi connectivity index (χ1n) is 5.18. The molecule has 1 N–H and O–H groups in total. The van der Waals surface area contributed by atoms with E-state index in [1.807, 2.05) is 6.92 Å². The molecule has 0 aromatic heterocycles. The normalized spacial score (nSPS) is 11.5. The van der Waals surface area contributed by atoms with Crippen molar-refractivity contribution in [3.05, 3.63) is 0 Å². The van der Waals surface area contributed by atoms with Crippen molar-refractivity contribution < 1.29 is 23.2 Å². The smallest absolute Gasteiger partial charge is 0.465 e. The Kier molecular flexibility index (Phi) is 7.31. The molecular formula is C9H21NO5Si. The molecule has 0 saturated carbocycles. The van der Waals surface area contributed by atoms with Gasteiger partial charge in [0.15, 0.2) is 0 Å². The minimum atomic E-state index is -2.55. The first-order valence-corrected chi connectivity index (χ1v) is 7.11. The monoisotopic (exact) mass is 251 g/mol. The lowest BCUT2D eigenvalue weighted by atomic mass is 10.4. The second kappa shape index (κ2) is 7.61. The van der Waals surface area contributed by atoms with E-state index in [1.165, 1.54) is 4.90 Å². The molecule has 0 heterocycles. The van der Waals surface area contributed by atoms with Gasteiger partial charge in [0.25, 0.3) is 0 Å². The van der Waals surface area contributed by atoms with Crippen LogP contribution < -0.4 is 0 Å². The molecule has 0 radical (unpaired) electrons. The number of amides is 1. The Hall–Kier alpha value is -0.633. The van der Waals surface area contributed by atoms with Gasteiger partial charge in [0, 0.05) is 40.5 Å². The van der Waals surface area contributed by atoms with Gasteiger partial charge in [0.1, 0.15) is 0 Å². The number of carboxylic acid groups (broad SMARTS) is 1. The van der Waals surface area contributed by atoms with Crippen molar-refractivity contribution in [1.82, 2.24) is 4.90 Å². The highest BCUT2D eigenvalue weighted by Crippen LogP contribution is 2.15. The van der Waals surface area contributed by atoms with Crippen LogP contribution in [-0.4, -0.2) is 59.3 Å². The molecule has 6 nitrogen and oxygen atoms in total. The highest BCUT2D eigenvalue weighted by atomic mass is 28.4. The molecule has 0 aliphatic heterocycles. The molecule has 16 heavy (non-hydrogen) atoms. The zero-order valence-electron chi connectivity index (χ0n) is 10.4. The first kappa shape index (κ1) is 15.4. The molecule has 0 saturated heterocycles. The molecule has 0 fully saturated rings. The zero-order valence-corrected chi connectivity index (χ0v) is 11.4. The van der Waals surface area contributed by atoms with E-state index >= 15 is 0 Å². The number of rotatable bonds is 8. The number of nitrogens with zero attached hydrogens (tertiary/aromatic N) is 1. The lowest BCUT2D eigenvalue weighted by Crippen LogP contribution is -2.43. The average Bonchev–Trinajstić information content (AvgIpc) is 2.30. The Morgan fingerprint density at radius 2 is 1.75 bits per heavy atom.